The van der Waals surface area contributed by atoms with Gasteiger partial charge in [0.15, 0.2) is 0 Å². The summed E-state index contributed by atoms with van der Waals surface area (Å²) in [6.07, 6.45) is 0.832. The predicted octanol–water partition coefficient (Wildman–Crippen LogP) is 3.67. The van der Waals surface area contributed by atoms with Crippen LogP contribution in [0.2, 0.25) is 5.02 Å². The number of aryl methyl sites for hydroxylation is 2. The smallest absolute Gasteiger partial charge is 0.326 e. The molecule has 152 valence electrons. The fraction of sp³-hybridized carbons (Fsp3) is 0.238. The molecule has 0 aliphatic rings. The van der Waals surface area contributed by atoms with Crippen LogP contribution in [0.25, 0.3) is 0 Å². The van der Waals surface area contributed by atoms with Crippen LogP contribution in [-0.2, 0) is 20.8 Å². The SMILES string of the molecule is CCc1ccc(NC(=O)C(=O)N/N=C(\C)CC(=O)Nc2ccc(C)c(Cl)c2)cc1. The fourth-order valence-electron chi connectivity index (χ4n) is 2.36. The van der Waals surface area contributed by atoms with Gasteiger partial charge < -0.3 is 10.6 Å². The number of halogens is 1. The molecule has 0 spiro atoms. The highest BCUT2D eigenvalue weighted by atomic mass is 35.5. The first-order valence-corrected chi connectivity index (χ1v) is 9.45. The van der Waals surface area contributed by atoms with E-state index >= 15 is 0 Å². The molecule has 2 aromatic rings. The topological polar surface area (TPSA) is 99.7 Å². The number of carbonyl (C=O) groups excluding carboxylic acids is 3. The largest absolute Gasteiger partial charge is 0.329 e. The van der Waals surface area contributed by atoms with E-state index in [1.807, 2.05) is 26.0 Å². The number of rotatable bonds is 6. The Hall–Kier alpha value is -3.19. The number of benzene rings is 2. The molecule has 0 bridgehead atoms. The number of amides is 3. The van der Waals surface area contributed by atoms with E-state index in [0.717, 1.165) is 17.5 Å². The lowest BCUT2D eigenvalue weighted by atomic mass is 10.1. The Morgan fingerprint density at radius 2 is 1.62 bits per heavy atom. The molecule has 3 N–H and O–H groups in total. The van der Waals surface area contributed by atoms with E-state index in [1.54, 1.807) is 37.3 Å². The molecule has 0 saturated carbocycles. The van der Waals surface area contributed by atoms with Crippen molar-refractivity contribution < 1.29 is 14.4 Å². The first-order chi connectivity index (χ1) is 13.8. The van der Waals surface area contributed by atoms with Crippen molar-refractivity contribution in [2.75, 3.05) is 10.6 Å². The molecule has 0 heterocycles. The lowest BCUT2D eigenvalue weighted by Crippen LogP contribution is -2.33. The maximum absolute atomic E-state index is 12.1. The van der Waals surface area contributed by atoms with Crippen LogP contribution in [0.1, 0.15) is 31.4 Å². The molecule has 29 heavy (non-hydrogen) atoms. The van der Waals surface area contributed by atoms with E-state index in [4.69, 9.17) is 11.6 Å². The summed E-state index contributed by atoms with van der Waals surface area (Å²) in [6.45, 7) is 5.46. The Morgan fingerprint density at radius 3 is 2.24 bits per heavy atom. The maximum Gasteiger partial charge on any atom is 0.329 e. The molecule has 0 radical (unpaired) electrons. The monoisotopic (exact) mass is 414 g/mol. The van der Waals surface area contributed by atoms with E-state index in [1.165, 1.54) is 0 Å². The lowest BCUT2D eigenvalue weighted by molar-refractivity contribution is -0.136. The Labute approximate surface area is 174 Å². The molecule has 0 unspecified atom stereocenters. The van der Waals surface area contributed by atoms with Crippen LogP contribution in [0, 0.1) is 6.92 Å². The second-order valence-corrected chi connectivity index (χ2v) is 6.89. The summed E-state index contributed by atoms with van der Waals surface area (Å²) in [5.74, 6) is -2.08. The summed E-state index contributed by atoms with van der Waals surface area (Å²) in [6, 6.07) is 12.4. The van der Waals surface area contributed by atoms with Gasteiger partial charge in [-0.2, -0.15) is 5.10 Å². The van der Waals surface area contributed by atoms with Crippen molar-refractivity contribution in [3.63, 3.8) is 0 Å². The summed E-state index contributed by atoms with van der Waals surface area (Å²) >= 11 is 6.03. The zero-order valence-electron chi connectivity index (χ0n) is 16.5. The molecular formula is C21H23ClN4O3. The van der Waals surface area contributed by atoms with Gasteiger partial charge in [-0.3, -0.25) is 14.4 Å². The van der Waals surface area contributed by atoms with Gasteiger partial charge in [-0.05, 0) is 55.7 Å². The van der Waals surface area contributed by atoms with Crippen molar-refractivity contribution in [3.05, 3.63) is 58.6 Å². The molecule has 0 saturated heterocycles. The lowest BCUT2D eigenvalue weighted by Gasteiger charge is -2.07. The van der Waals surface area contributed by atoms with E-state index in [-0.39, 0.29) is 12.3 Å². The molecule has 2 rings (SSSR count). The van der Waals surface area contributed by atoms with Gasteiger partial charge in [0.2, 0.25) is 5.91 Å². The van der Waals surface area contributed by atoms with Gasteiger partial charge in [-0.1, -0.05) is 36.7 Å². The third-order valence-corrected chi connectivity index (χ3v) is 4.45. The summed E-state index contributed by atoms with van der Waals surface area (Å²) in [7, 11) is 0. The molecular weight excluding hydrogens is 392 g/mol. The average molecular weight is 415 g/mol. The van der Waals surface area contributed by atoms with Crippen molar-refractivity contribution in [1.29, 1.82) is 0 Å². The molecule has 0 fully saturated rings. The van der Waals surface area contributed by atoms with E-state index in [2.05, 4.69) is 21.2 Å². The Balaban J connectivity index is 1.83. The van der Waals surface area contributed by atoms with Crippen molar-refractivity contribution in [2.45, 2.75) is 33.6 Å². The summed E-state index contributed by atoms with van der Waals surface area (Å²) in [5, 5.41) is 9.53. The van der Waals surface area contributed by atoms with Crippen molar-refractivity contribution in [1.82, 2.24) is 5.43 Å². The number of hydrogen-bond acceptors (Lipinski definition) is 4. The highest BCUT2D eigenvalue weighted by molar-refractivity contribution is 6.39. The zero-order valence-corrected chi connectivity index (χ0v) is 17.3. The van der Waals surface area contributed by atoms with E-state index in [9.17, 15) is 14.4 Å². The van der Waals surface area contributed by atoms with Gasteiger partial charge in [0.1, 0.15) is 0 Å². The fourth-order valence-corrected chi connectivity index (χ4v) is 2.54. The number of nitrogens with zero attached hydrogens (tertiary/aromatic N) is 1. The molecule has 0 aliphatic heterocycles. The van der Waals surface area contributed by atoms with Crippen molar-refractivity contribution in [2.24, 2.45) is 5.10 Å². The van der Waals surface area contributed by atoms with Crippen LogP contribution in [0.15, 0.2) is 47.6 Å². The van der Waals surface area contributed by atoms with Crippen LogP contribution >= 0.6 is 11.6 Å². The number of anilines is 2. The Bertz CT molecular complexity index is 939. The highest BCUT2D eigenvalue weighted by Crippen LogP contribution is 2.20. The molecule has 8 heteroatoms. The van der Waals surface area contributed by atoms with Crippen LogP contribution in [0.3, 0.4) is 0 Å². The number of hydrogen-bond donors (Lipinski definition) is 3. The molecule has 7 nitrogen and oxygen atoms in total. The number of carbonyl (C=O) groups is 3. The standard InChI is InChI=1S/C21H23ClN4O3/c1-4-15-6-9-16(10-7-15)24-20(28)21(29)26-25-14(3)11-19(27)23-17-8-5-13(2)18(22)12-17/h5-10,12H,4,11H2,1-3H3,(H,23,27)(H,24,28)(H,26,29)/b25-14+. The minimum atomic E-state index is -0.922. The third-order valence-electron chi connectivity index (χ3n) is 4.05. The maximum atomic E-state index is 12.1. The Kier molecular flexibility index (Phi) is 7.91. The molecule has 3 amide bonds. The third kappa shape index (κ3) is 7.04. The van der Waals surface area contributed by atoms with Gasteiger partial charge >= 0.3 is 11.8 Å². The molecule has 0 aromatic heterocycles. The highest BCUT2D eigenvalue weighted by Gasteiger charge is 2.13. The second-order valence-electron chi connectivity index (χ2n) is 6.48. The summed E-state index contributed by atoms with van der Waals surface area (Å²) in [5.41, 5.74) is 5.60. The minimum absolute atomic E-state index is 0.0497. The quantitative estimate of drug-likeness (QED) is 0.382. The molecule has 2 aromatic carbocycles. The zero-order chi connectivity index (χ0) is 21.4. The molecule has 0 aliphatic carbocycles. The number of nitrogens with one attached hydrogen (secondary N) is 3. The van der Waals surface area contributed by atoms with Gasteiger partial charge in [0.05, 0.1) is 6.42 Å². The van der Waals surface area contributed by atoms with Gasteiger partial charge in [0, 0.05) is 22.1 Å². The molecule has 0 atom stereocenters. The van der Waals surface area contributed by atoms with E-state index < -0.39 is 11.8 Å². The predicted molar refractivity (Wildman–Crippen MR) is 115 cm³/mol. The normalized spacial score (nSPS) is 11.0. The first-order valence-electron chi connectivity index (χ1n) is 9.08. The van der Waals surface area contributed by atoms with Crippen LogP contribution in [-0.4, -0.2) is 23.4 Å². The second kappa shape index (κ2) is 10.4. The summed E-state index contributed by atoms with van der Waals surface area (Å²) < 4.78 is 0. The van der Waals surface area contributed by atoms with Gasteiger partial charge in [0.25, 0.3) is 0 Å². The minimum Gasteiger partial charge on any atom is -0.326 e. The van der Waals surface area contributed by atoms with Gasteiger partial charge in [-0.15, -0.1) is 0 Å². The van der Waals surface area contributed by atoms with E-state index in [0.29, 0.717) is 22.1 Å². The number of hydrazone groups is 1. The van der Waals surface area contributed by atoms with Crippen molar-refractivity contribution >= 4 is 46.4 Å². The van der Waals surface area contributed by atoms with Crippen LogP contribution < -0.4 is 16.1 Å². The average Bonchev–Trinajstić information content (AvgIpc) is 2.69. The van der Waals surface area contributed by atoms with Crippen LogP contribution in [0.5, 0.6) is 0 Å². The van der Waals surface area contributed by atoms with Gasteiger partial charge in [-0.25, -0.2) is 5.43 Å². The van der Waals surface area contributed by atoms with Crippen molar-refractivity contribution in [3.8, 4) is 0 Å². The first kappa shape index (κ1) is 22.1. The summed E-state index contributed by atoms with van der Waals surface area (Å²) in [4.78, 5) is 35.9. The Morgan fingerprint density at radius 1 is 0.966 bits per heavy atom. The van der Waals surface area contributed by atoms with Crippen LogP contribution in [0.4, 0.5) is 11.4 Å².